The third-order valence-electron chi connectivity index (χ3n) is 3.91. The van der Waals surface area contributed by atoms with Gasteiger partial charge < -0.3 is 18.9 Å². The molecule has 0 unspecified atom stereocenters. The van der Waals surface area contributed by atoms with E-state index in [0.29, 0.717) is 12.2 Å². The van der Waals surface area contributed by atoms with Gasteiger partial charge in [-0.05, 0) is 25.1 Å². The molecule has 0 aliphatic carbocycles. The van der Waals surface area contributed by atoms with Crippen LogP contribution in [0.15, 0.2) is 61.1 Å². The van der Waals surface area contributed by atoms with Crippen molar-refractivity contribution in [2.45, 2.75) is 6.92 Å². The average molecular weight is 428 g/mol. The number of hydrogen-bond donors (Lipinski definition) is 0. The first-order chi connectivity index (χ1) is 15.0. The van der Waals surface area contributed by atoms with E-state index in [0.717, 1.165) is 18.5 Å². The second-order valence-corrected chi connectivity index (χ2v) is 5.92. The van der Waals surface area contributed by atoms with Gasteiger partial charge in [-0.3, -0.25) is 0 Å². The molecule has 1 aromatic heterocycles. The number of esters is 1. The number of methoxy groups -OCH3 is 1. The van der Waals surface area contributed by atoms with Crippen molar-refractivity contribution in [3.63, 3.8) is 0 Å². The van der Waals surface area contributed by atoms with Gasteiger partial charge in [0.1, 0.15) is 17.6 Å². The molecule has 1 heterocycles. The second-order valence-electron chi connectivity index (χ2n) is 5.92. The maximum Gasteiger partial charge on any atom is 0.341 e. The fourth-order valence-electron chi connectivity index (χ4n) is 2.51. The van der Waals surface area contributed by atoms with Gasteiger partial charge in [-0.25, -0.2) is 23.5 Å². The van der Waals surface area contributed by atoms with Crippen LogP contribution in [0.25, 0.3) is 5.57 Å². The van der Waals surface area contributed by atoms with Crippen molar-refractivity contribution < 1.29 is 32.5 Å². The summed E-state index contributed by atoms with van der Waals surface area (Å²) in [6, 6.07) is 11.3. The molecule has 3 aromatic rings. The Balaban J connectivity index is 1.90. The van der Waals surface area contributed by atoms with Crippen LogP contribution in [0, 0.1) is 11.6 Å². The smallest absolute Gasteiger partial charge is 0.341 e. The van der Waals surface area contributed by atoms with E-state index in [9.17, 15) is 13.6 Å². The number of hydrogen-bond acceptors (Lipinski definition) is 7. The molecular formula is C22H18F2N2O5. The van der Waals surface area contributed by atoms with Crippen LogP contribution in [0.2, 0.25) is 0 Å². The van der Waals surface area contributed by atoms with Crippen LogP contribution in [0.1, 0.15) is 12.5 Å². The summed E-state index contributed by atoms with van der Waals surface area (Å²) in [6.45, 7) is 2.12. The summed E-state index contributed by atoms with van der Waals surface area (Å²) >= 11 is 0. The van der Waals surface area contributed by atoms with E-state index in [-0.39, 0.29) is 23.1 Å². The minimum atomic E-state index is -0.879. The van der Waals surface area contributed by atoms with Crippen LogP contribution >= 0.6 is 0 Å². The topological polar surface area (TPSA) is 79.8 Å². The SMILES string of the molecule is CCO/C=C(/C(=O)OC)c1ccccc1Oc1cc(Oc2c(F)cccc2F)ncn1. The third-order valence-corrected chi connectivity index (χ3v) is 3.91. The number of carbonyl (C=O) groups excluding carboxylic acids is 1. The first kappa shape index (κ1) is 21.7. The lowest BCUT2D eigenvalue weighted by Gasteiger charge is -2.13. The molecule has 0 spiro atoms. The number of halogens is 2. The van der Waals surface area contributed by atoms with E-state index in [1.165, 1.54) is 25.5 Å². The largest absolute Gasteiger partial charge is 0.501 e. The first-order valence-electron chi connectivity index (χ1n) is 9.14. The molecule has 0 atom stereocenters. The third kappa shape index (κ3) is 5.33. The molecule has 0 radical (unpaired) electrons. The molecule has 0 aliphatic heterocycles. The number of nitrogens with zero attached hydrogens (tertiary/aromatic N) is 2. The fourth-order valence-corrected chi connectivity index (χ4v) is 2.51. The zero-order chi connectivity index (χ0) is 22.2. The van der Waals surface area contributed by atoms with Gasteiger partial charge in [-0.2, -0.15) is 0 Å². The average Bonchev–Trinajstić information content (AvgIpc) is 2.77. The molecular weight excluding hydrogens is 410 g/mol. The number of rotatable bonds is 8. The first-order valence-corrected chi connectivity index (χ1v) is 9.14. The van der Waals surface area contributed by atoms with Crippen LogP contribution in [0.5, 0.6) is 23.3 Å². The van der Waals surface area contributed by atoms with E-state index >= 15 is 0 Å². The van der Waals surface area contributed by atoms with Crippen molar-refractivity contribution in [1.82, 2.24) is 9.97 Å². The Labute approximate surface area is 176 Å². The van der Waals surface area contributed by atoms with E-state index < -0.39 is 23.4 Å². The van der Waals surface area contributed by atoms with Gasteiger partial charge in [0.25, 0.3) is 0 Å². The predicted octanol–water partition coefficient (Wildman–Crippen LogP) is 4.89. The minimum Gasteiger partial charge on any atom is -0.501 e. The highest BCUT2D eigenvalue weighted by molar-refractivity contribution is 6.17. The Hall–Kier alpha value is -4.01. The lowest BCUT2D eigenvalue weighted by atomic mass is 10.1. The van der Waals surface area contributed by atoms with Gasteiger partial charge in [0.15, 0.2) is 11.6 Å². The van der Waals surface area contributed by atoms with Crippen molar-refractivity contribution in [2.75, 3.05) is 13.7 Å². The molecule has 0 N–H and O–H groups in total. The van der Waals surface area contributed by atoms with E-state index in [1.54, 1.807) is 31.2 Å². The quantitative estimate of drug-likeness (QED) is 0.287. The Bertz CT molecular complexity index is 1080. The molecule has 160 valence electrons. The Kier molecular flexibility index (Phi) is 7.10. The molecule has 0 saturated heterocycles. The van der Waals surface area contributed by atoms with Crippen molar-refractivity contribution in [1.29, 1.82) is 0 Å². The Morgan fingerprint density at radius 2 is 1.68 bits per heavy atom. The molecule has 2 aromatic carbocycles. The van der Waals surface area contributed by atoms with Crippen LogP contribution in [0.4, 0.5) is 8.78 Å². The summed E-state index contributed by atoms with van der Waals surface area (Å²) in [5.74, 6) is -2.82. The number of ether oxygens (including phenoxy) is 4. The zero-order valence-corrected chi connectivity index (χ0v) is 16.7. The lowest BCUT2D eigenvalue weighted by Crippen LogP contribution is -2.06. The summed E-state index contributed by atoms with van der Waals surface area (Å²) < 4.78 is 48.7. The van der Waals surface area contributed by atoms with Crippen molar-refractivity contribution >= 4 is 11.5 Å². The number of para-hydroxylation sites is 2. The van der Waals surface area contributed by atoms with Gasteiger partial charge >= 0.3 is 5.97 Å². The van der Waals surface area contributed by atoms with E-state index in [2.05, 4.69) is 9.97 Å². The molecule has 0 bridgehead atoms. The van der Waals surface area contributed by atoms with Crippen molar-refractivity contribution in [3.05, 3.63) is 78.3 Å². The standard InChI is InChI=1S/C22H18F2N2O5/c1-3-29-12-15(22(27)28-2)14-7-4-5-10-18(14)30-19-11-20(26-13-25-19)31-21-16(23)8-6-9-17(21)24/h4-13H,3H2,1-2H3/b15-12+. The Morgan fingerprint density at radius 3 is 2.35 bits per heavy atom. The maximum atomic E-state index is 13.8. The van der Waals surface area contributed by atoms with Crippen LogP contribution in [0.3, 0.4) is 0 Å². The highest BCUT2D eigenvalue weighted by atomic mass is 19.1. The monoisotopic (exact) mass is 428 g/mol. The lowest BCUT2D eigenvalue weighted by molar-refractivity contribution is -0.133. The molecule has 0 aliphatic rings. The minimum absolute atomic E-state index is 0.0230. The summed E-state index contributed by atoms with van der Waals surface area (Å²) in [4.78, 5) is 20.0. The van der Waals surface area contributed by atoms with Gasteiger partial charge in [0, 0.05) is 5.56 Å². The molecule has 3 rings (SSSR count). The number of carbonyl (C=O) groups is 1. The second kappa shape index (κ2) is 10.1. The maximum absolute atomic E-state index is 13.8. The predicted molar refractivity (Wildman–Crippen MR) is 107 cm³/mol. The molecule has 7 nitrogen and oxygen atoms in total. The number of benzene rings is 2. The highest BCUT2D eigenvalue weighted by Gasteiger charge is 2.19. The van der Waals surface area contributed by atoms with Gasteiger partial charge in [0.05, 0.1) is 26.0 Å². The van der Waals surface area contributed by atoms with E-state index in [4.69, 9.17) is 18.9 Å². The number of aromatic nitrogens is 2. The van der Waals surface area contributed by atoms with Crippen LogP contribution in [-0.4, -0.2) is 29.7 Å². The molecule has 31 heavy (non-hydrogen) atoms. The van der Waals surface area contributed by atoms with Gasteiger partial charge in [-0.15, -0.1) is 0 Å². The molecule has 0 saturated carbocycles. The molecule has 0 fully saturated rings. The van der Waals surface area contributed by atoms with E-state index in [1.807, 2.05) is 0 Å². The summed E-state index contributed by atoms with van der Waals surface area (Å²) in [6.07, 6.45) is 2.40. The van der Waals surface area contributed by atoms with Crippen molar-refractivity contribution in [3.8, 4) is 23.3 Å². The summed E-state index contributed by atoms with van der Waals surface area (Å²) in [5.41, 5.74) is 0.530. The zero-order valence-electron chi connectivity index (χ0n) is 16.7. The molecule has 0 amide bonds. The summed E-state index contributed by atoms with van der Waals surface area (Å²) in [5, 5.41) is 0. The van der Waals surface area contributed by atoms with Crippen molar-refractivity contribution in [2.24, 2.45) is 0 Å². The van der Waals surface area contributed by atoms with Gasteiger partial charge in [-0.1, -0.05) is 24.3 Å². The van der Waals surface area contributed by atoms with Crippen LogP contribution < -0.4 is 9.47 Å². The fraction of sp³-hybridized carbons (Fsp3) is 0.136. The highest BCUT2D eigenvalue weighted by Crippen LogP contribution is 2.32. The normalized spacial score (nSPS) is 11.0. The van der Waals surface area contributed by atoms with Gasteiger partial charge in [0.2, 0.25) is 17.5 Å². The Morgan fingerprint density at radius 1 is 1.00 bits per heavy atom. The summed E-state index contributed by atoms with van der Waals surface area (Å²) in [7, 11) is 1.25. The van der Waals surface area contributed by atoms with Crippen LogP contribution in [-0.2, 0) is 14.3 Å². The molecule has 9 heteroatoms.